The normalized spacial score (nSPS) is 15.5. The minimum atomic E-state index is -0.935. The Morgan fingerprint density at radius 2 is 2.04 bits per heavy atom. The van der Waals surface area contributed by atoms with Crippen LogP contribution in [-0.2, 0) is 23.0 Å². The van der Waals surface area contributed by atoms with E-state index in [2.05, 4.69) is 25.2 Å². The van der Waals surface area contributed by atoms with E-state index in [9.17, 15) is 9.00 Å². The Labute approximate surface area is 162 Å². The summed E-state index contributed by atoms with van der Waals surface area (Å²) in [6.45, 7) is 4.85. The average Bonchev–Trinajstić information content (AvgIpc) is 2.92. The first-order valence-electron chi connectivity index (χ1n) is 8.95. The summed E-state index contributed by atoms with van der Waals surface area (Å²) < 4.78 is 23.1. The van der Waals surface area contributed by atoms with Gasteiger partial charge in [-0.25, -0.2) is 0 Å². The second-order valence-electron chi connectivity index (χ2n) is 7.31. The van der Waals surface area contributed by atoms with E-state index in [1.807, 2.05) is 18.2 Å². The van der Waals surface area contributed by atoms with E-state index in [1.165, 1.54) is 0 Å². The van der Waals surface area contributed by atoms with Crippen LogP contribution in [0, 0.1) is 0 Å². The fraction of sp³-hybridized carbons (Fsp3) is 0.381. The van der Waals surface area contributed by atoms with Crippen LogP contribution in [0.2, 0.25) is 0 Å². The first kappa shape index (κ1) is 19.4. The maximum atomic E-state index is 12.3. The van der Waals surface area contributed by atoms with Crippen LogP contribution in [0.5, 0.6) is 11.5 Å². The van der Waals surface area contributed by atoms with Crippen molar-refractivity contribution in [3.05, 3.63) is 59.2 Å². The highest BCUT2D eigenvalue weighted by molar-refractivity contribution is 7.83. The molecule has 2 aromatic carbocycles. The minimum absolute atomic E-state index is 0.169. The summed E-state index contributed by atoms with van der Waals surface area (Å²) in [5.74, 6) is 1.78. The van der Waals surface area contributed by atoms with Gasteiger partial charge in [0.2, 0.25) is 0 Å². The minimum Gasteiger partial charge on any atom is -0.488 e. The van der Waals surface area contributed by atoms with Crippen LogP contribution in [0.1, 0.15) is 35.3 Å². The molecule has 27 heavy (non-hydrogen) atoms. The monoisotopic (exact) mass is 387 g/mol. The van der Waals surface area contributed by atoms with Crippen molar-refractivity contribution in [1.82, 2.24) is 5.32 Å². The molecule has 0 saturated carbocycles. The molecule has 1 amide bonds. The van der Waals surface area contributed by atoms with Crippen LogP contribution in [0.4, 0.5) is 0 Å². The van der Waals surface area contributed by atoms with E-state index in [1.54, 1.807) is 24.5 Å². The first-order valence-corrected chi connectivity index (χ1v) is 10.7. The molecule has 0 fully saturated rings. The number of ether oxygens (including phenoxy) is 2. The standard InChI is InChI=1S/C21H25NO4S/c1-21(2)13-17-8-5-9-18(19(17)26-21)25-11-10-22-20(23)16-7-4-6-15(12-16)14-27(3)24/h4-9,12H,10-11,13-14H2,1-3H3,(H,22,23)/t27-/m1/s1. The van der Waals surface area contributed by atoms with Gasteiger partial charge in [0, 0.05) is 40.4 Å². The van der Waals surface area contributed by atoms with Gasteiger partial charge in [-0.2, -0.15) is 0 Å². The number of carbonyl (C=O) groups is 1. The van der Waals surface area contributed by atoms with Gasteiger partial charge in [0.15, 0.2) is 11.5 Å². The summed E-state index contributed by atoms with van der Waals surface area (Å²) >= 11 is 0. The van der Waals surface area contributed by atoms with E-state index < -0.39 is 10.8 Å². The number of benzene rings is 2. The molecule has 1 heterocycles. The number of rotatable bonds is 7. The molecule has 1 aliphatic rings. The van der Waals surface area contributed by atoms with Gasteiger partial charge in [-0.15, -0.1) is 0 Å². The predicted octanol–water partition coefficient (Wildman–Crippen LogP) is 3.09. The topological polar surface area (TPSA) is 64.6 Å². The summed E-state index contributed by atoms with van der Waals surface area (Å²) in [5.41, 5.74) is 2.37. The number of carbonyl (C=O) groups excluding carboxylic acids is 1. The van der Waals surface area contributed by atoms with Crippen molar-refractivity contribution in [3.8, 4) is 11.5 Å². The fourth-order valence-corrected chi connectivity index (χ4v) is 3.81. The number of hydrogen-bond acceptors (Lipinski definition) is 4. The van der Waals surface area contributed by atoms with Gasteiger partial charge in [-0.1, -0.05) is 24.3 Å². The molecule has 5 nitrogen and oxygen atoms in total. The van der Waals surface area contributed by atoms with Gasteiger partial charge >= 0.3 is 0 Å². The molecular weight excluding hydrogens is 362 g/mol. The zero-order chi connectivity index (χ0) is 19.4. The lowest BCUT2D eigenvalue weighted by Crippen LogP contribution is -2.28. The molecule has 144 valence electrons. The number of fused-ring (bicyclic) bond motifs is 1. The molecular formula is C21H25NO4S. The highest BCUT2D eigenvalue weighted by Gasteiger charge is 2.32. The smallest absolute Gasteiger partial charge is 0.251 e. The zero-order valence-electron chi connectivity index (χ0n) is 15.9. The van der Waals surface area contributed by atoms with Crippen LogP contribution in [-0.4, -0.2) is 35.1 Å². The third kappa shape index (κ3) is 5.10. The average molecular weight is 388 g/mol. The molecule has 3 rings (SSSR count). The lowest BCUT2D eigenvalue weighted by Gasteiger charge is -2.18. The third-order valence-electron chi connectivity index (χ3n) is 4.26. The molecule has 0 bridgehead atoms. The molecule has 0 saturated heterocycles. The molecule has 1 atom stereocenters. The highest BCUT2D eigenvalue weighted by Crippen LogP contribution is 2.41. The number of nitrogens with one attached hydrogen (secondary N) is 1. The van der Waals surface area contributed by atoms with Gasteiger partial charge in [-0.05, 0) is 37.6 Å². The van der Waals surface area contributed by atoms with Crippen LogP contribution < -0.4 is 14.8 Å². The van der Waals surface area contributed by atoms with Gasteiger partial charge in [0.1, 0.15) is 12.2 Å². The van der Waals surface area contributed by atoms with Crippen LogP contribution in [0.3, 0.4) is 0 Å². The van der Waals surface area contributed by atoms with Crippen molar-refractivity contribution >= 4 is 16.7 Å². The van der Waals surface area contributed by atoms with Crippen molar-refractivity contribution in [1.29, 1.82) is 0 Å². The lowest BCUT2D eigenvalue weighted by molar-refractivity contribution is 0.0946. The first-order chi connectivity index (χ1) is 12.8. The molecule has 1 N–H and O–H groups in total. The maximum Gasteiger partial charge on any atom is 0.251 e. The molecule has 0 spiro atoms. The van der Waals surface area contributed by atoms with E-state index in [-0.39, 0.29) is 11.5 Å². The Kier molecular flexibility index (Phi) is 5.85. The summed E-state index contributed by atoms with van der Waals surface area (Å²) in [7, 11) is -0.935. The lowest BCUT2D eigenvalue weighted by atomic mass is 10.0. The molecule has 2 aromatic rings. The van der Waals surface area contributed by atoms with Gasteiger partial charge in [-0.3, -0.25) is 9.00 Å². The third-order valence-corrected chi connectivity index (χ3v) is 5.00. The SMILES string of the molecule is C[S@@](=O)Cc1cccc(C(=O)NCCOc2cccc3c2OC(C)(C)C3)c1. The Bertz CT molecular complexity index is 863. The van der Waals surface area contributed by atoms with Gasteiger partial charge in [0.25, 0.3) is 5.91 Å². The largest absolute Gasteiger partial charge is 0.488 e. The van der Waals surface area contributed by atoms with E-state index >= 15 is 0 Å². The van der Waals surface area contributed by atoms with Gasteiger partial charge < -0.3 is 14.8 Å². The van der Waals surface area contributed by atoms with Crippen molar-refractivity contribution in [2.45, 2.75) is 31.6 Å². The van der Waals surface area contributed by atoms with Crippen LogP contribution in [0.15, 0.2) is 42.5 Å². The quantitative estimate of drug-likeness (QED) is 0.742. The highest BCUT2D eigenvalue weighted by atomic mass is 32.2. The molecule has 0 aliphatic carbocycles. The van der Waals surface area contributed by atoms with Crippen LogP contribution in [0.25, 0.3) is 0 Å². The van der Waals surface area contributed by atoms with Crippen molar-refractivity contribution in [2.24, 2.45) is 0 Å². The molecule has 0 aromatic heterocycles. The van der Waals surface area contributed by atoms with Crippen molar-refractivity contribution in [2.75, 3.05) is 19.4 Å². The van der Waals surface area contributed by atoms with E-state index in [0.29, 0.717) is 30.2 Å². The molecule has 1 aliphatic heterocycles. The Balaban J connectivity index is 1.52. The maximum absolute atomic E-state index is 12.3. The van der Waals surface area contributed by atoms with E-state index in [0.717, 1.165) is 23.3 Å². The zero-order valence-corrected chi connectivity index (χ0v) is 16.7. The van der Waals surface area contributed by atoms with Crippen LogP contribution >= 0.6 is 0 Å². The summed E-state index contributed by atoms with van der Waals surface area (Å²) in [5, 5.41) is 2.85. The predicted molar refractivity (Wildman–Crippen MR) is 107 cm³/mol. The number of hydrogen-bond donors (Lipinski definition) is 1. The van der Waals surface area contributed by atoms with E-state index in [4.69, 9.17) is 9.47 Å². The summed E-state index contributed by atoms with van der Waals surface area (Å²) in [6, 6.07) is 13.1. The number of amides is 1. The Hall–Kier alpha value is -2.34. The second-order valence-corrected chi connectivity index (χ2v) is 8.74. The molecule has 0 radical (unpaired) electrons. The number of para-hydroxylation sites is 1. The molecule has 6 heteroatoms. The molecule has 0 unspecified atom stereocenters. The van der Waals surface area contributed by atoms with Crippen molar-refractivity contribution in [3.63, 3.8) is 0 Å². The van der Waals surface area contributed by atoms with Crippen molar-refractivity contribution < 1.29 is 18.5 Å². The summed E-state index contributed by atoms with van der Waals surface area (Å²) in [6.07, 6.45) is 2.50. The summed E-state index contributed by atoms with van der Waals surface area (Å²) in [4.78, 5) is 12.3. The fourth-order valence-electron chi connectivity index (χ4n) is 3.17. The van der Waals surface area contributed by atoms with Gasteiger partial charge in [0.05, 0.1) is 6.54 Å². The Morgan fingerprint density at radius 3 is 2.81 bits per heavy atom. The second kappa shape index (κ2) is 8.13. The Morgan fingerprint density at radius 1 is 1.26 bits per heavy atom.